The molecule has 3 atom stereocenters. The van der Waals surface area contributed by atoms with Crippen LogP contribution in [-0.4, -0.2) is 84.0 Å². The molecule has 0 spiro atoms. The molecule has 4 N–H and O–H groups in total. The zero-order valence-corrected chi connectivity index (χ0v) is 25.8. The van der Waals surface area contributed by atoms with Crippen LogP contribution in [0.3, 0.4) is 0 Å². The number of anilines is 3. The van der Waals surface area contributed by atoms with E-state index in [1.54, 1.807) is 82.3 Å². The van der Waals surface area contributed by atoms with Crippen molar-refractivity contribution in [1.29, 1.82) is 0 Å². The molecule has 13 heteroatoms. The van der Waals surface area contributed by atoms with Crippen LogP contribution in [0.2, 0.25) is 0 Å². The van der Waals surface area contributed by atoms with Crippen LogP contribution in [0, 0.1) is 19.8 Å². The van der Waals surface area contributed by atoms with Gasteiger partial charge in [0.15, 0.2) is 5.76 Å². The van der Waals surface area contributed by atoms with E-state index in [1.807, 2.05) is 6.92 Å². The number of nitrogens with one attached hydrogen (secondary N) is 3. The van der Waals surface area contributed by atoms with Crippen molar-refractivity contribution in [1.82, 2.24) is 15.0 Å². The Bertz CT molecular complexity index is 1460. The first kappa shape index (κ1) is 32.1. The highest BCUT2D eigenvalue weighted by molar-refractivity contribution is 6.00. The number of aliphatic hydroxyl groups is 1. The maximum atomic E-state index is 13.5. The van der Waals surface area contributed by atoms with Gasteiger partial charge in [-0.05, 0) is 63.2 Å². The minimum Gasteiger partial charge on any atom is -0.497 e. The summed E-state index contributed by atoms with van der Waals surface area (Å²) in [7, 11) is 3.22. The van der Waals surface area contributed by atoms with E-state index in [4.69, 9.17) is 14.0 Å². The van der Waals surface area contributed by atoms with Gasteiger partial charge in [-0.3, -0.25) is 4.79 Å². The first-order valence-electron chi connectivity index (χ1n) is 14.4. The van der Waals surface area contributed by atoms with Gasteiger partial charge >= 0.3 is 12.1 Å². The van der Waals surface area contributed by atoms with Crippen molar-refractivity contribution < 1.29 is 33.5 Å². The molecule has 3 aromatic rings. The number of aliphatic hydroxyl groups excluding tert-OH is 1. The summed E-state index contributed by atoms with van der Waals surface area (Å²) in [6.07, 6.45) is -0.512. The van der Waals surface area contributed by atoms with Crippen molar-refractivity contribution in [2.75, 3.05) is 49.8 Å². The number of methoxy groups -OCH3 is 1. The van der Waals surface area contributed by atoms with Crippen molar-refractivity contribution in [3.63, 3.8) is 0 Å². The summed E-state index contributed by atoms with van der Waals surface area (Å²) in [5.74, 6) is 1.24. The summed E-state index contributed by atoms with van der Waals surface area (Å²) >= 11 is 0. The van der Waals surface area contributed by atoms with E-state index in [-0.39, 0.29) is 37.4 Å². The smallest absolute Gasteiger partial charge is 0.323 e. The Labute approximate surface area is 256 Å². The number of ether oxygens (including phenoxy) is 2. The summed E-state index contributed by atoms with van der Waals surface area (Å²) in [5.41, 5.74) is 2.69. The fraction of sp³-hybridized carbons (Fsp3) is 0.419. The standard InChI is InChI=1S/C31H40N6O7/c1-18-15-37(19(2)17-38)28(39)14-22-13-24(33-30(40)32-23-7-10-25(42-6)11-8-23)9-12-26(22)43-27(18)16-36(5)31(41)34-29-20(3)35-44-21(29)4/h7-13,18-19,27,38H,14-17H2,1-6H3,(H,34,41)(H2,32,33,40)/t18-,19-,27-/m0/s1. The SMILES string of the molecule is COc1ccc(NC(=O)Nc2ccc3c(c2)CC(=O)N([C@@H](C)CO)C[C@H](C)[C@H](CN(C)C(=O)Nc2c(C)noc2C)O3)cc1. The van der Waals surface area contributed by atoms with Gasteiger partial charge in [0.1, 0.15) is 29.0 Å². The number of fused-ring (bicyclic) bond motifs is 1. The topological polar surface area (TPSA) is 158 Å². The molecule has 13 nitrogen and oxygen atoms in total. The van der Waals surface area contributed by atoms with Crippen molar-refractivity contribution in [3.05, 3.63) is 59.5 Å². The zero-order chi connectivity index (χ0) is 32.0. The zero-order valence-electron chi connectivity index (χ0n) is 25.8. The molecule has 0 saturated carbocycles. The van der Waals surface area contributed by atoms with Crippen LogP contribution in [0.1, 0.15) is 30.9 Å². The third-order valence-electron chi connectivity index (χ3n) is 7.59. The molecule has 0 radical (unpaired) electrons. The lowest BCUT2D eigenvalue weighted by atomic mass is 10.0. The molecule has 1 aliphatic heterocycles. The van der Waals surface area contributed by atoms with Crippen molar-refractivity contribution in [3.8, 4) is 11.5 Å². The van der Waals surface area contributed by atoms with Gasteiger partial charge in [0.05, 0.1) is 32.7 Å². The van der Waals surface area contributed by atoms with Crippen LogP contribution in [0.5, 0.6) is 11.5 Å². The molecule has 0 bridgehead atoms. The molecule has 2 aromatic carbocycles. The Morgan fingerprint density at radius 1 is 1.14 bits per heavy atom. The summed E-state index contributed by atoms with van der Waals surface area (Å²) in [6, 6.07) is 10.8. The van der Waals surface area contributed by atoms with Gasteiger partial charge < -0.3 is 44.9 Å². The molecule has 1 aliphatic rings. The number of carbonyl (C=O) groups excluding carboxylic acids is 3. The highest BCUT2D eigenvalue weighted by atomic mass is 16.5. The molecule has 44 heavy (non-hydrogen) atoms. The minimum atomic E-state index is -0.509. The molecule has 236 valence electrons. The lowest BCUT2D eigenvalue weighted by Crippen LogP contribution is -2.48. The van der Waals surface area contributed by atoms with E-state index < -0.39 is 18.2 Å². The molecule has 5 amide bonds. The predicted octanol–water partition coefficient (Wildman–Crippen LogP) is 4.26. The molecule has 2 heterocycles. The van der Waals surface area contributed by atoms with Gasteiger partial charge in [0, 0.05) is 36.4 Å². The number of aryl methyl sites for hydroxylation is 2. The minimum absolute atomic E-state index is 0.00288. The Balaban J connectivity index is 1.55. The molecule has 4 rings (SSSR count). The number of amides is 5. The molecule has 1 aromatic heterocycles. The summed E-state index contributed by atoms with van der Waals surface area (Å²) in [6.45, 7) is 7.50. The number of nitrogens with zero attached hydrogens (tertiary/aromatic N) is 3. The molecule has 0 fully saturated rings. The molecule has 0 unspecified atom stereocenters. The summed E-state index contributed by atoms with van der Waals surface area (Å²) < 4.78 is 16.8. The first-order chi connectivity index (χ1) is 21.0. The lowest BCUT2D eigenvalue weighted by molar-refractivity contribution is -0.134. The number of hydrogen-bond donors (Lipinski definition) is 4. The summed E-state index contributed by atoms with van der Waals surface area (Å²) in [4.78, 5) is 42.4. The fourth-order valence-corrected chi connectivity index (χ4v) is 4.91. The van der Waals surface area contributed by atoms with Gasteiger partial charge in [-0.25, -0.2) is 9.59 Å². The van der Waals surface area contributed by atoms with E-state index in [1.165, 1.54) is 4.90 Å². The number of benzene rings is 2. The van der Waals surface area contributed by atoms with Gasteiger partial charge in [-0.1, -0.05) is 12.1 Å². The second kappa shape index (κ2) is 14.1. The Morgan fingerprint density at radius 3 is 2.45 bits per heavy atom. The van der Waals surface area contributed by atoms with E-state index in [9.17, 15) is 19.5 Å². The van der Waals surface area contributed by atoms with Crippen molar-refractivity contribution in [2.45, 2.75) is 46.3 Å². The number of aromatic nitrogens is 1. The predicted molar refractivity (Wildman–Crippen MR) is 165 cm³/mol. The van der Waals surface area contributed by atoms with Crippen LogP contribution in [-0.2, 0) is 11.2 Å². The Kier molecular flexibility index (Phi) is 10.3. The van der Waals surface area contributed by atoms with Gasteiger partial charge in [0.25, 0.3) is 0 Å². The third-order valence-corrected chi connectivity index (χ3v) is 7.59. The second-order valence-corrected chi connectivity index (χ2v) is 11.0. The van der Waals surface area contributed by atoms with Gasteiger partial charge in [-0.15, -0.1) is 0 Å². The van der Waals surface area contributed by atoms with Crippen LogP contribution in [0.25, 0.3) is 0 Å². The normalized spacial score (nSPS) is 17.2. The van der Waals surface area contributed by atoms with E-state index >= 15 is 0 Å². The fourth-order valence-electron chi connectivity index (χ4n) is 4.91. The Hall–Kier alpha value is -4.78. The number of rotatable bonds is 8. The molecule has 0 aliphatic carbocycles. The average molecular weight is 609 g/mol. The summed E-state index contributed by atoms with van der Waals surface area (Å²) in [5, 5.41) is 22.2. The van der Waals surface area contributed by atoms with Crippen LogP contribution >= 0.6 is 0 Å². The van der Waals surface area contributed by atoms with Crippen LogP contribution < -0.4 is 25.4 Å². The van der Waals surface area contributed by atoms with Crippen molar-refractivity contribution in [2.24, 2.45) is 5.92 Å². The van der Waals surface area contributed by atoms with Crippen LogP contribution in [0.15, 0.2) is 47.0 Å². The number of hydrogen-bond acceptors (Lipinski definition) is 8. The second-order valence-electron chi connectivity index (χ2n) is 11.0. The Morgan fingerprint density at radius 2 is 1.82 bits per heavy atom. The van der Waals surface area contributed by atoms with E-state index in [2.05, 4.69) is 21.1 Å². The van der Waals surface area contributed by atoms with Crippen molar-refractivity contribution >= 4 is 35.0 Å². The number of likely N-dealkylation sites (N-methyl/N-ethyl adjacent to an activating group) is 1. The van der Waals surface area contributed by atoms with E-state index in [0.29, 0.717) is 52.1 Å². The van der Waals surface area contributed by atoms with Crippen LogP contribution in [0.4, 0.5) is 26.7 Å². The number of carbonyl (C=O) groups is 3. The maximum absolute atomic E-state index is 13.5. The monoisotopic (exact) mass is 608 g/mol. The number of urea groups is 2. The van der Waals surface area contributed by atoms with Gasteiger partial charge in [0.2, 0.25) is 5.91 Å². The first-order valence-corrected chi connectivity index (χ1v) is 14.4. The third kappa shape index (κ3) is 7.78. The molecular formula is C31H40N6O7. The highest BCUT2D eigenvalue weighted by Gasteiger charge is 2.32. The molecular weight excluding hydrogens is 568 g/mol. The quantitative estimate of drug-likeness (QED) is 0.295. The maximum Gasteiger partial charge on any atom is 0.323 e. The molecule has 0 saturated heterocycles. The largest absolute Gasteiger partial charge is 0.497 e. The average Bonchev–Trinajstić information content (AvgIpc) is 3.33. The highest BCUT2D eigenvalue weighted by Crippen LogP contribution is 2.30. The van der Waals surface area contributed by atoms with Gasteiger partial charge in [-0.2, -0.15) is 0 Å². The lowest BCUT2D eigenvalue weighted by Gasteiger charge is -2.34. The van der Waals surface area contributed by atoms with E-state index in [0.717, 1.165) is 0 Å².